The smallest absolute Gasteiger partial charge is 0.252 e. The maximum atomic E-state index is 13.3. The van der Waals surface area contributed by atoms with Crippen molar-refractivity contribution < 1.29 is 13.2 Å². The molecule has 9 heteroatoms. The predicted molar refractivity (Wildman–Crippen MR) is 127 cm³/mol. The van der Waals surface area contributed by atoms with Crippen molar-refractivity contribution in [2.75, 3.05) is 0 Å². The summed E-state index contributed by atoms with van der Waals surface area (Å²) in [5.74, 6) is -0.272. The number of primary sulfonamides is 1. The normalized spacial score (nSPS) is 12.8. The molecule has 0 fully saturated rings. The number of pyridine rings is 1. The fraction of sp³-hybridized carbons (Fsp3) is 0.208. The van der Waals surface area contributed by atoms with E-state index < -0.39 is 10.0 Å². The molecule has 2 aromatic carbocycles. The Balaban J connectivity index is 1.71. The zero-order valence-corrected chi connectivity index (χ0v) is 19.4. The van der Waals surface area contributed by atoms with Crippen LogP contribution in [0.2, 0.25) is 0 Å². The number of amides is 1. The molecular formula is C24H25N5O3S. The van der Waals surface area contributed by atoms with Gasteiger partial charge in [-0.05, 0) is 44.5 Å². The molecule has 1 atom stereocenters. The zero-order chi connectivity index (χ0) is 23.8. The van der Waals surface area contributed by atoms with Crippen molar-refractivity contribution in [2.24, 2.45) is 5.14 Å². The lowest BCUT2D eigenvalue weighted by Crippen LogP contribution is -2.27. The minimum Gasteiger partial charge on any atom is -0.345 e. The number of carbonyl (C=O) groups excluding carboxylic acids is 1. The SMILES string of the molecule is CC(C)n1ncc2c(C(=O)N[C@@H](C)c3ccc(S(N)(=O)=O)cc3)cc(-c3ccccc3)nc21. The Morgan fingerprint density at radius 1 is 1.03 bits per heavy atom. The molecule has 2 aromatic heterocycles. The molecular weight excluding hydrogens is 438 g/mol. The highest BCUT2D eigenvalue weighted by Crippen LogP contribution is 2.27. The molecule has 4 rings (SSSR count). The maximum absolute atomic E-state index is 13.3. The van der Waals surface area contributed by atoms with Crippen LogP contribution in [0.4, 0.5) is 0 Å². The number of nitrogens with one attached hydrogen (secondary N) is 1. The van der Waals surface area contributed by atoms with Gasteiger partial charge in [0.1, 0.15) is 0 Å². The number of rotatable bonds is 6. The second-order valence-corrected chi connectivity index (χ2v) is 9.71. The second kappa shape index (κ2) is 8.76. The first-order valence-electron chi connectivity index (χ1n) is 10.5. The molecule has 8 nitrogen and oxygen atoms in total. The van der Waals surface area contributed by atoms with E-state index in [9.17, 15) is 13.2 Å². The van der Waals surface area contributed by atoms with Gasteiger partial charge in [0.2, 0.25) is 10.0 Å². The number of fused-ring (bicyclic) bond motifs is 1. The van der Waals surface area contributed by atoms with E-state index in [1.807, 2.05) is 51.1 Å². The molecule has 170 valence electrons. The molecule has 33 heavy (non-hydrogen) atoms. The van der Waals surface area contributed by atoms with Gasteiger partial charge in [-0.2, -0.15) is 5.10 Å². The zero-order valence-electron chi connectivity index (χ0n) is 18.6. The number of benzene rings is 2. The van der Waals surface area contributed by atoms with Crippen molar-refractivity contribution in [3.05, 3.63) is 78.0 Å². The van der Waals surface area contributed by atoms with Crippen LogP contribution in [0.1, 0.15) is 48.8 Å². The van der Waals surface area contributed by atoms with E-state index >= 15 is 0 Å². The van der Waals surface area contributed by atoms with Crippen molar-refractivity contribution >= 4 is 27.0 Å². The lowest BCUT2D eigenvalue weighted by molar-refractivity contribution is 0.0941. The Morgan fingerprint density at radius 2 is 1.70 bits per heavy atom. The lowest BCUT2D eigenvalue weighted by Gasteiger charge is -2.16. The molecule has 0 aliphatic heterocycles. The fourth-order valence-corrected chi connectivity index (χ4v) is 4.16. The second-order valence-electron chi connectivity index (χ2n) is 8.15. The van der Waals surface area contributed by atoms with E-state index in [2.05, 4.69) is 10.4 Å². The van der Waals surface area contributed by atoms with Gasteiger partial charge in [0.15, 0.2) is 5.65 Å². The first kappa shape index (κ1) is 22.6. The Morgan fingerprint density at radius 3 is 2.30 bits per heavy atom. The number of sulfonamides is 1. The molecule has 4 aromatic rings. The highest BCUT2D eigenvalue weighted by molar-refractivity contribution is 7.89. The minimum atomic E-state index is -3.78. The first-order chi connectivity index (χ1) is 15.6. The third-order valence-electron chi connectivity index (χ3n) is 5.43. The molecule has 0 aliphatic rings. The van der Waals surface area contributed by atoms with Crippen molar-refractivity contribution in [2.45, 2.75) is 37.8 Å². The van der Waals surface area contributed by atoms with E-state index in [1.54, 1.807) is 29.1 Å². The van der Waals surface area contributed by atoms with Gasteiger partial charge in [-0.3, -0.25) is 4.79 Å². The van der Waals surface area contributed by atoms with E-state index in [-0.39, 0.29) is 22.9 Å². The number of hydrogen-bond donors (Lipinski definition) is 2. The standard InChI is InChI=1S/C24H25N5O3S/c1-15(2)29-23-21(14-26-29)20(13-22(28-23)18-7-5-4-6-8-18)24(30)27-16(3)17-9-11-19(12-10-17)33(25,31)32/h4-16H,1-3H3,(H,27,30)(H2,25,31,32)/t16-/m0/s1. The van der Waals surface area contributed by atoms with Crippen LogP contribution in [0.3, 0.4) is 0 Å². The summed E-state index contributed by atoms with van der Waals surface area (Å²) in [6.45, 7) is 5.85. The molecule has 0 spiro atoms. The van der Waals surface area contributed by atoms with Crippen LogP contribution in [-0.4, -0.2) is 29.1 Å². The van der Waals surface area contributed by atoms with E-state index in [0.29, 0.717) is 22.3 Å². The number of aromatic nitrogens is 3. The number of nitrogens with zero attached hydrogens (tertiary/aromatic N) is 3. The topological polar surface area (TPSA) is 120 Å². The first-order valence-corrected chi connectivity index (χ1v) is 12.1. The van der Waals surface area contributed by atoms with Gasteiger partial charge in [0.25, 0.3) is 5.91 Å². The quantitative estimate of drug-likeness (QED) is 0.450. The molecule has 0 unspecified atom stereocenters. The maximum Gasteiger partial charge on any atom is 0.252 e. The Labute approximate surface area is 192 Å². The summed E-state index contributed by atoms with van der Waals surface area (Å²) in [6.07, 6.45) is 1.66. The Kier molecular flexibility index (Phi) is 6.01. The molecule has 0 radical (unpaired) electrons. The highest BCUT2D eigenvalue weighted by atomic mass is 32.2. The largest absolute Gasteiger partial charge is 0.345 e. The minimum absolute atomic E-state index is 0.0224. The van der Waals surface area contributed by atoms with Gasteiger partial charge in [0.05, 0.1) is 33.8 Å². The molecule has 0 saturated heterocycles. The summed E-state index contributed by atoms with van der Waals surface area (Å²) in [5.41, 5.74) is 3.44. The van der Waals surface area contributed by atoms with Crippen molar-refractivity contribution in [1.82, 2.24) is 20.1 Å². The Hall–Kier alpha value is -3.56. The summed E-state index contributed by atoms with van der Waals surface area (Å²) in [7, 11) is -3.78. The number of hydrogen-bond acceptors (Lipinski definition) is 5. The molecule has 1 amide bonds. The van der Waals surface area contributed by atoms with Gasteiger partial charge in [-0.25, -0.2) is 23.2 Å². The molecule has 0 saturated carbocycles. The Bertz CT molecular complexity index is 1410. The van der Waals surface area contributed by atoms with Crippen LogP contribution in [0, 0.1) is 0 Å². The monoisotopic (exact) mass is 463 g/mol. The molecule has 0 bridgehead atoms. The van der Waals surface area contributed by atoms with Crippen LogP contribution in [0.5, 0.6) is 0 Å². The van der Waals surface area contributed by atoms with Crippen LogP contribution in [-0.2, 0) is 10.0 Å². The van der Waals surface area contributed by atoms with Crippen molar-refractivity contribution in [3.63, 3.8) is 0 Å². The van der Waals surface area contributed by atoms with Gasteiger partial charge in [0, 0.05) is 11.6 Å². The van der Waals surface area contributed by atoms with Crippen LogP contribution >= 0.6 is 0 Å². The van der Waals surface area contributed by atoms with Crippen molar-refractivity contribution in [3.8, 4) is 11.3 Å². The molecule has 2 heterocycles. The summed E-state index contributed by atoms with van der Waals surface area (Å²) >= 11 is 0. The van der Waals surface area contributed by atoms with Crippen LogP contribution in [0.15, 0.2) is 71.8 Å². The summed E-state index contributed by atoms with van der Waals surface area (Å²) in [5, 5.41) is 13.3. The van der Waals surface area contributed by atoms with Crippen LogP contribution < -0.4 is 10.5 Å². The van der Waals surface area contributed by atoms with E-state index in [4.69, 9.17) is 10.1 Å². The molecule has 0 aliphatic carbocycles. The number of carbonyl (C=O) groups is 1. The van der Waals surface area contributed by atoms with Gasteiger partial charge >= 0.3 is 0 Å². The fourth-order valence-electron chi connectivity index (χ4n) is 3.64. The summed E-state index contributed by atoms with van der Waals surface area (Å²) < 4.78 is 24.8. The molecule has 3 N–H and O–H groups in total. The third-order valence-corrected chi connectivity index (χ3v) is 6.36. The third kappa shape index (κ3) is 4.64. The van der Waals surface area contributed by atoms with Crippen LogP contribution in [0.25, 0.3) is 22.3 Å². The van der Waals surface area contributed by atoms with Crippen molar-refractivity contribution in [1.29, 1.82) is 0 Å². The van der Waals surface area contributed by atoms with Gasteiger partial charge in [-0.15, -0.1) is 0 Å². The average Bonchev–Trinajstić information content (AvgIpc) is 3.23. The van der Waals surface area contributed by atoms with Gasteiger partial charge < -0.3 is 5.32 Å². The highest BCUT2D eigenvalue weighted by Gasteiger charge is 2.20. The van der Waals surface area contributed by atoms with E-state index in [1.165, 1.54) is 12.1 Å². The van der Waals surface area contributed by atoms with E-state index in [0.717, 1.165) is 11.1 Å². The number of nitrogens with two attached hydrogens (primary N) is 1. The summed E-state index contributed by atoms with van der Waals surface area (Å²) in [4.78, 5) is 18.2. The lowest BCUT2D eigenvalue weighted by atomic mass is 10.0. The van der Waals surface area contributed by atoms with Gasteiger partial charge in [-0.1, -0.05) is 42.5 Å². The summed E-state index contributed by atoms with van der Waals surface area (Å²) in [6, 6.07) is 17.3. The predicted octanol–water partition coefficient (Wildman–Crippen LogP) is 3.82. The average molecular weight is 464 g/mol.